The van der Waals surface area contributed by atoms with E-state index >= 15 is 0 Å². The Morgan fingerprint density at radius 1 is 1.22 bits per heavy atom. The van der Waals surface area contributed by atoms with Crippen LogP contribution < -0.4 is 5.32 Å². The number of nitrogens with zero attached hydrogens (tertiary/aromatic N) is 1. The van der Waals surface area contributed by atoms with Crippen molar-refractivity contribution in [3.8, 4) is 11.1 Å². The number of cyclic esters (lactones) is 1. The number of benzene rings is 1. The Morgan fingerprint density at radius 2 is 2.08 bits per heavy atom. The van der Waals surface area contributed by atoms with Gasteiger partial charge in [0, 0.05) is 23.7 Å². The first-order valence-corrected chi connectivity index (χ1v) is 13.0. The number of rotatable bonds is 5. The molecule has 6 nitrogen and oxygen atoms in total. The SMILES string of the molecule is CCOC(=O)N[C@@H]1CC[C@@H]2[C@H](C1)C[C@@H]1C(=O)O[C@@H](C)[C@@H]1[C@@H]2/C=C/c1ccc(-c2cccc(F)c2)cn1. The zero-order valence-electron chi connectivity index (χ0n) is 20.7. The molecule has 3 aliphatic rings. The number of alkyl carbamates (subject to hydrolysis) is 1. The maximum Gasteiger partial charge on any atom is 0.407 e. The van der Waals surface area contributed by atoms with E-state index in [-0.39, 0.29) is 47.8 Å². The lowest BCUT2D eigenvalue weighted by molar-refractivity contribution is -0.144. The second-order valence-corrected chi connectivity index (χ2v) is 10.3. The van der Waals surface area contributed by atoms with Crippen molar-refractivity contribution in [2.45, 2.75) is 51.7 Å². The highest BCUT2D eigenvalue weighted by Crippen LogP contribution is 2.53. The number of amides is 1. The van der Waals surface area contributed by atoms with Crippen molar-refractivity contribution >= 4 is 18.1 Å². The Kier molecular flexibility index (Phi) is 7.08. The van der Waals surface area contributed by atoms with Crippen LogP contribution in [0.5, 0.6) is 0 Å². The molecule has 1 aromatic heterocycles. The normalized spacial score (nSPS) is 31.4. The Hall–Kier alpha value is -3.22. The highest BCUT2D eigenvalue weighted by atomic mass is 19.1. The predicted molar refractivity (Wildman–Crippen MR) is 134 cm³/mol. The Balaban J connectivity index is 1.34. The van der Waals surface area contributed by atoms with Crippen molar-refractivity contribution in [1.29, 1.82) is 0 Å². The van der Waals surface area contributed by atoms with Crippen molar-refractivity contribution in [2.75, 3.05) is 6.61 Å². The molecule has 2 saturated carbocycles. The molecule has 36 heavy (non-hydrogen) atoms. The highest BCUT2D eigenvalue weighted by Gasteiger charge is 2.54. The van der Waals surface area contributed by atoms with Gasteiger partial charge >= 0.3 is 12.1 Å². The van der Waals surface area contributed by atoms with Gasteiger partial charge in [0.2, 0.25) is 0 Å². The van der Waals surface area contributed by atoms with E-state index in [1.807, 2.05) is 31.2 Å². The maximum atomic E-state index is 13.6. The van der Waals surface area contributed by atoms with Crippen molar-refractivity contribution in [3.05, 3.63) is 60.2 Å². The zero-order chi connectivity index (χ0) is 25.2. The number of hydrogen-bond donors (Lipinski definition) is 1. The quantitative estimate of drug-likeness (QED) is 0.548. The van der Waals surface area contributed by atoms with Gasteiger partial charge in [-0.3, -0.25) is 9.78 Å². The summed E-state index contributed by atoms with van der Waals surface area (Å²) in [6.45, 7) is 4.15. The molecule has 1 saturated heterocycles. The molecule has 2 heterocycles. The topological polar surface area (TPSA) is 77.5 Å². The number of halogens is 1. The molecule has 2 aliphatic carbocycles. The fraction of sp³-hybridized carbons (Fsp3) is 0.483. The Morgan fingerprint density at radius 3 is 2.83 bits per heavy atom. The number of esters is 1. The van der Waals surface area contributed by atoms with Gasteiger partial charge in [-0.15, -0.1) is 0 Å². The van der Waals surface area contributed by atoms with Crippen molar-refractivity contribution < 1.29 is 23.5 Å². The molecule has 2 aromatic rings. The number of ether oxygens (including phenoxy) is 2. The molecule has 190 valence electrons. The average Bonchev–Trinajstić information content (AvgIpc) is 3.15. The first-order chi connectivity index (χ1) is 17.4. The molecule has 1 aromatic carbocycles. The fourth-order valence-electron chi connectivity index (χ4n) is 6.64. The first kappa shape index (κ1) is 24.5. The Bertz CT molecular complexity index is 1130. The number of carbonyl (C=O) groups excluding carboxylic acids is 2. The van der Waals surface area contributed by atoms with Gasteiger partial charge in [0.1, 0.15) is 11.9 Å². The summed E-state index contributed by atoms with van der Waals surface area (Å²) in [7, 11) is 0. The third kappa shape index (κ3) is 5.01. The molecule has 0 bridgehead atoms. The third-order valence-electron chi connectivity index (χ3n) is 8.18. The molecular weight excluding hydrogens is 459 g/mol. The molecule has 7 atom stereocenters. The van der Waals surface area contributed by atoms with E-state index in [1.165, 1.54) is 12.1 Å². The standard InChI is InChI=1S/C29H33FN2O4/c1-3-35-29(34)32-23-10-11-24-20(14-23)15-26-27(17(2)36-28(26)33)25(24)12-9-22-8-7-19(16-31-22)18-5-4-6-21(30)13-18/h4-9,12-13,16-17,20,23-27H,3,10-11,14-15H2,1-2H3,(H,32,34)/b12-9+/t17-,20+,23+,24+,25+,26-,27+/m0/s1. The summed E-state index contributed by atoms with van der Waals surface area (Å²) in [6.07, 6.45) is 9.07. The summed E-state index contributed by atoms with van der Waals surface area (Å²) in [4.78, 5) is 29.2. The van der Waals surface area contributed by atoms with Gasteiger partial charge in [0.25, 0.3) is 0 Å². The molecule has 0 unspecified atom stereocenters. The molecular formula is C29H33FN2O4. The van der Waals surface area contributed by atoms with Crippen LogP contribution in [0.15, 0.2) is 48.7 Å². The monoisotopic (exact) mass is 492 g/mol. The second kappa shape index (κ2) is 10.4. The van der Waals surface area contributed by atoms with Crippen LogP contribution in [0.4, 0.5) is 9.18 Å². The van der Waals surface area contributed by atoms with Crippen molar-refractivity contribution in [1.82, 2.24) is 10.3 Å². The second-order valence-electron chi connectivity index (χ2n) is 10.3. The predicted octanol–water partition coefficient (Wildman–Crippen LogP) is 5.63. The number of carbonyl (C=O) groups is 2. The number of aromatic nitrogens is 1. The number of pyridine rings is 1. The van der Waals surface area contributed by atoms with Gasteiger partial charge in [0.05, 0.1) is 18.2 Å². The van der Waals surface area contributed by atoms with E-state index in [9.17, 15) is 14.0 Å². The van der Waals surface area contributed by atoms with Gasteiger partial charge in [-0.2, -0.15) is 0 Å². The number of fused-ring (bicyclic) bond motifs is 2. The molecule has 1 N–H and O–H groups in total. The average molecular weight is 493 g/mol. The fourth-order valence-corrected chi connectivity index (χ4v) is 6.64. The summed E-state index contributed by atoms with van der Waals surface area (Å²) in [6, 6.07) is 10.4. The maximum absolute atomic E-state index is 13.6. The number of hydrogen-bond acceptors (Lipinski definition) is 5. The number of allylic oxidation sites excluding steroid dienone is 1. The van der Waals surface area contributed by atoms with Crippen LogP contribution in [0, 0.1) is 35.4 Å². The molecule has 5 rings (SSSR count). The van der Waals surface area contributed by atoms with Crippen molar-refractivity contribution in [3.63, 3.8) is 0 Å². The number of nitrogens with one attached hydrogen (secondary N) is 1. The van der Waals surface area contributed by atoms with E-state index in [4.69, 9.17) is 9.47 Å². The lowest BCUT2D eigenvalue weighted by Gasteiger charge is -2.47. The smallest absolute Gasteiger partial charge is 0.407 e. The van der Waals surface area contributed by atoms with E-state index < -0.39 is 0 Å². The lowest BCUT2D eigenvalue weighted by atomic mass is 9.57. The van der Waals surface area contributed by atoms with Crippen LogP contribution in [0.3, 0.4) is 0 Å². The Labute approximate surface area is 211 Å². The zero-order valence-corrected chi connectivity index (χ0v) is 20.7. The minimum Gasteiger partial charge on any atom is -0.462 e. The van der Waals surface area contributed by atoms with Crippen LogP contribution in [0.25, 0.3) is 17.2 Å². The first-order valence-electron chi connectivity index (χ1n) is 13.0. The van der Waals surface area contributed by atoms with Crippen molar-refractivity contribution in [2.24, 2.45) is 29.6 Å². The van der Waals surface area contributed by atoms with Crippen LogP contribution in [0.1, 0.15) is 45.2 Å². The molecule has 1 aliphatic heterocycles. The van der Waals surface area contributed by atoms with E-state index in [2.05, 4.69) is 16.4 Å². The van der Waals surface area contributed by atoms with Gasteiger partial charge < -0.3 is 14.8 Å². The van der Waals surface area contributed by atoms with Crippen LogP contribution in [-0.2, 0) is 14.3 Å². The van der Waals surface area contributed by atoms with Crippen LogP contribution in [0.2, 0.25) is 0 Å². The lowest BCUT2D eigenvalue weighted by Crippen LogP contribution is -2.48. The van der Waals surface area contributed by atoms with Crippen LogP contribution >= 0.6 is 0 Å². The van der Waals surface area contributed by atoms with E-state index in [0.29, 0.717) is 18.4 Å². The summed E-state index contributed by atoms with van der Waals surface area (Å²) in [5.41, 5.74) is 2.48. The van der Waals surface area contributed by atoms with Gasteiger partial charge in [-0.25, -0.2) is 9.18 Å². The minimum absolute atomic E-state index is 0.0679. The summed E-state index contributed by atoms with van der Waals surface area (Å²) >= 11 is 0. The van der Waals surface area contributed by atoms with Crippen LogP contribution in [-0.4, -0.2) is 35.8 Å². The molecule has 0 spiro atoms. The van der Waals surface area contributed by atoms with Gasteiger partial charge in [-0.1, -0.05) is 24.3 Å². The van der Waals surface area contributed by atoms with E-state index in [0.717, 1.165) is 42.5 Å². The molecule has 1 amide bonds. The van der Waals surface area contributed by atoms with E-state index in [1.54, 1.807) is 19.2 Å². The van der Waals surface area contributed by atoms with Gasteiger partial charge in [0.15, 0.2) is 0 Å². The minimum atomic E-state index is -0.368. The molecule has 3 fully saturated rings. The van der Waals surface area contributed by atoms with Gasteiger partial charge in [-0.05, 0) is 87.1 Å². The summed E-state index contributed by atoms with van der Waals surface area (Å²) in [5.74, 6) is 0.629. The third-order valence-corrected chi connectivity index (χ3v) is 8.18. The summed E-state index contributed by atoms with van der Waals surface area (Å²) < 4.78 is 24.3. The molecule has 7 heteroatoms. The largest absolute Gasteiger partial charge is 0.462 e. The summed E-state index contributed by atoms with van der Waals surface area (Å²) in [5, 5.41) is 3.00. The highest BCUT2D eigenvalue weighted by molar-refractivity contribution is 5.75. The molecule has 0 radical (unpaired) electrons.